The summed E-state index contributed by atoms with van der Waals surface area (Å²) in [5.74, 6) is -2.65. The average molecular weight is 413 g/mol. The first kappa shape index (κ1) is 22.3. The molecule has 0 aliphatic carbocycles. The largest absolute Gasteiger partial charge is 0.466 e. The lowest BCUT2D eigenvalue weighted by Crippen LogP contribution is -2.24. The van der Waals surface area contributed by atoms with Crippen molar-refractivity contribution in [1.29, 1.82) is 0 Å². The zero-order valence-electron chi connectivity index (χ0n) is 15.8. The lowest BCUT2D eigenvalue weighted by Gasteiger charge is -2.10. The van der Waals surface area contributed by atoms with Crippen LogP contribution in [0.2, 0.25) is 0 Å². The van der Waals surface area contributed by atoms with Gasteiger partial charge in [0.15, 0.2) is 12.4 Å². The van der Waals surface area contributed by atoms with E-state index >= 15 is 0 Å². The first-order valence-corrected chi connectivity index (χ1v) is 8.69. The highest BCUT2D eigenvalue weighted by molar-refractivity contribution is 5.93. The van der Waals surface area contributed by atoms with E-state index in [2.05, 4.69) is 20.0 Å². The average Bonchev–Trinajstić information content (AvgIpc) is 2.63. The van der Waals surface area contributed by atoms with Crippen molar-refractivity contribution in [2.45, 2.75) is 39.4 Å². The number of carbonyl (C=O) groups excluding carboxylic acids is 2. The smallest absolute Gasteiger partial charge is 0.422 e. The molecule has 0 fully saturated rings. The zero-order valence-corrected chi connectivity index (χ0v) is 15.8. The van der Waals surface area contributed by atoms with Crippen molar-refractivity contribution in [3.05, 3.63) is 52.7 Å². The Morgan fingerprint density at radius 2 is 1.93 bits per heavy atom. The number of nitrogens with zero attached hydrogens (tertiary/aromatic N) is 2. The van der Waals surface area contributed by atoms with Crippen molar-refractivity contribution in [1.82, 2.24) is 15.3 Å². The molecule has 29 heavy (non-hydrogen) atoms. The van der Waals surface area contributed by atoms with Crippen LogP contribution in [0.25, 0.3) is 0 Å². The Balaban J connectivity index is 2.02. The van der Waals surface area contributed by atoms with Crippen LogP contribution in [0, 0.1) is 12.7 Å². The highest BCUT2D eigenvalue weighted by Crippen LogP contribution is 2.20. The SMILES string of the molecule is CCC(=O)Cc1cc(CNC(=O)c2cnc(OCC(F)(F)F)c(F)c2)cc(C)n1. The summed E-state index contributed by atoms with van der Waals surface area (Å²) in [7, 11) is 0. The van der Waals surface area contributed by atoms with E-state index in [1.807, 2.05) is 0 Å². The lowest BCUT2D eigenvalue weighted by atomic mass is 10.1. The summed E-state index contributed by atoms with van der Waals surface area (Å²) in [6.07, 6.45) is -3.13. The fourth-order valence-electron chi connectivity index (χ4n) is 2.43. The Labute approximate surface area is 164 Å². The van der Waals surface area contributed by atoms with Gasteiger partial charge in [-0.1, -0.05) is 6.92 Å². The first-order chi connectivity index (χ1) is 13.6. The molecule has 0 radical (unpaired) electrons. The van der Waals surface area contributed by atoms with E-state index in [4.69, 9.17) is 0 Å². The number of hydrogen-bond donors (Lipinski definition) is 1. The molecule has 2 heterocycles. The fraction of sp³-hybridized carbons (Fsp3) is 0.368. The molecule has 2 aromatic heterocycles. The second kappa shape index (κ2) is 9.44. The summed E-state index contributed by atoms with van der Waals surface area (Å²) in [6.45, 7) is 1.91. The third kappa shape index (κ3) is 7.13. The Morgan fingerprint density at radius 3 is 2.55 bits per heavy atom. The van der Waals surface area contributed by atoms with Crippen LogP contribution in [0.3, 0.4) is 0 Å². The number of pyridine rings is 2. The van der Waals surface area contributed by atoms with Gasteiger partial charge >= 0.3 is 6.18 Å². The fourth-order valence-corrected chi connectivity index (χ4v) is 2.43. The zero-order chi connectivity index (χ0) is 21.6. The van der Waals surface area contributed by atoms with Gasteiger partial charge in [0.25, 0.3) is 11.8 Å². The van der Waals surface area contributed by atoms with E-state index < -0.39 is 30.4 Å². The van der Waals surface area contributed by atoms with Gasteiger partial charge in [-0.05, 0) is 30.7 Å². The summed E-state index contributed by atoms with van der Waals surface area (Å²) in [6, 6.07) is 4.16. The molecular formula is C19H19F4N3O3. The van der Waals surface area contributed by atoms with Crippen LogP contribution in [-0.2, 0) is 17.8 Å². The molecule has 1 N–H and O–H groups in total. The molecule has 0 bridgehead atoms. The number of ether oxygens (including phenoxy) is 1. The molecule has 0 atom stereocenters. The van der Waals surface area contributed by atoms with Crippen molar-refractivity contribution in [2.75, 3.05) is 6.61 Å². The van der Waals surface area contributed by atoms with Gasteiger partial charge in [0, 0.05) is 37.0 Å². The molecule has 1 amide bonds. The number of aromatic nitrogens is 2. The van der Waals surface area contributed by atoms with Crippen LogP contribution in [-0.4, -0.2) is 34.4 Å². The molecule has 0 saturated carbocycles. The van der Waals surface area contributed by atoms with E-state index in [-0.39, 0.29) is 24.3 Å². The second-order valence-electron chi connectivity index (χ2n) is 6.27. The van der Waals surface area contributed by atoms with Crippen molar-refractivity contribution in [2.24, 2.45) is 0 Å². The predicted octanol–water partition coefficient (Wildman–Crippen LogP) is 3.32. The van der Waals surface area contributed by atoms with Crippen LogP contribution in [0.1, 0.15) is 40.7 Å². The Kier molecular flexibility index (Phi) is 7.24. The molecule has 156 valence electrons. The minimum atomic E-state index is -4.63. The molecule has 0 aromatic carbocycles. The van der Waals surface area contributed by atoms with E-state index in [1.54, 1.807) is 26.0 Å². The summed E-state index contributed by atoms with van der Waals surface area (Å²) in [5.41, 5.74) is 1.78. The van der Waals surface area contributed by atoms with Crippen LogP contribution < -0.4 is 10.1 Å². The second-order valence-corrected chi connectivity index (χ2v) is 6.27. The van der Waals surface area contributed by atoms with Gasteiger partial charge in [0.05, 0.1) is 5.56 Å². The van der Waals surface area contributed by atoms with Gasteiger partial charge in [-0.25, -0.2) is 9.37 Å². The third-order valence-electron chi connectivity index (χ3n) is 3.73. The predicted molar refractivity (Wildman–Crippen MR) is 94.9 cm³/mol. The topological polar surface area (TPSA) is 81.2 Å². The van der Waals surface area contributed by atoms with Crippen molar-refractivity contribution in [3.8, 4) is 5.88 Å². The molecule has 2 aromatic rings. The number of aryl methyl sites for hydroxylation is 1. The molecule has 0 unspecified atom stereocenters. The summed E-state index contributed by atoms with van der Waals surface area (Å²) in [5, 5.41) is 2.56. The summed E-state index contributed by atoms with van der Waals surface area (Å²) < 4.78 is 54.5. The molecular weight excluding hydrogens is 394 g/mol. The highest BCUT2D eigenvalue weighted by atomic mass is 19.4. The maximum Gasteiger partial charge on any atom is 0.422 e. The number of rotatable bonds is 8. The monoisotopic (exact) mass is 413 g/mol. The number of alkyl halides is 3. The molecule has 0 aliphatic heterocycles. The quantitative estimate of drug-likeness (QED) is 0.672. The third-order valence-corrected chi connectivity index (χ3v) is 3.73. The van der Waals surface area contributed by atoms with Gasteiger partial charge in [-0.3, -0.25) is 14.6 Å². The number of nitrogens with one attached hydrogen (secondary N) is 1. The Hall–Kier alpha value is -3.04. The van der Waals surface area contributed by atoms with Crippen LogP contribution >= 0.6 is 0 Å². The van der Waals surface area contributed by atoms with Gasteiger partial charge < -0.3 is 10.1 Å². The van der Waals surface area contributed by atoms with Crippen LogP contribution in [0.5, 0.6) is 5.88 Å². The van der Waals surface area contributed by atoms with Crippen LogP contribution in [0.4, 0.5) is 17.6 Å². The minimum Gasteiger partial charge on any atom is -0.466 e. The molecule has 2 rings (SSSR count). The molecule has 0 aliphatic rings. The molecule has 0 saturated heterocycles. The Morgan fingerprint density at radius 1 is 1.21 bits per heavy atom. The van der Waals surface area contributed by atoms with E-state index in [0.29, 0.717) is 23.4 Å². The number of amides is 1. The van der Waals surface area contributed by atoms with Crippen LogP contribution in [0.15, 0.2) is 24.4 Å². The molecule has 0 spiro atoms. The number of ketones is 1. The molecule has 6 nitrogen and oxygen atoms in total. The standard InChI is InChI=1S/C19H19F4N3O3/c1-3-15(27)7-14-5-12(4-11(2)26-14)8-24-17(28)13-6-16(20)18(25-9-13)29-10-19(21,22)23/h4-6,9H,3,7-8,10H2,1-2H3,(H,24,28). The van der Waals surface area contributed by atoms with E-state index in [9.17, 15) is 27.2 Å². The number of carbonyl (C=O) groups is 2. The van der Waals surface area contributed by atoms with Crippen molar-refractivity contribution >= 4 is 11.7 Å². The van der Waals surface area contributed by atoms with Gasteiger partial charge in [0.2, 0.25) is 0 Å². The van der Waals surface area contributed by atoms with E-state index in [1.165, 1.54) is 0 Å². The van der Waals surface area contributed by atoms with Gasteiger partial charge in [-0.15, -0.1) is 0 Å². The van der Waals surface area contributed by atoms with Crippen molar-refractivity contribution < 1.29 is 31.9 Å². The van der Waals surface area contributed by atoms with Crippen molar-refractivity contribution in [3.63, 3.8) is 0 Å². The normalized spacial score (nSPS) is 11.2. The first-order valence-electron chi connectivity index (χ1n) is 8.69. The number of Topliss-reactive ketones (excluding diaryl/α,β-unsaturated/α-hetero) is 1. The number of hydrogen-bond acceptors (Lipinski definition) is 5. The maximum atomic E-state index is 13.8. The highest BCUT2D eigenvalue weighted by Gasteiger charge is 2.29. The Bertz CT molecular complexity index is 901. The van der Waals surface area contributed by atoms with Gasteiger partial charge in [0.1, 0.15) is 5.78 Å². The lowest BCUT2D eigenvalue weighted by molar-refractivity contribution is -0.154. The number of halogens is 4. The maximum absolute atomic E-state index is 13.8. The minimum absolute atomic E-state index is 0.0347. The summed E-state index contributed by atoms with van der Waals surface area (Å²) >= 11 is 0. The molecule has 10 heteroatoms. The summed E-state index contributed by atoms with van der Waals surface area (Å²) in [4.78, 5) is 31.5. The van der Waals surface area contributed by atoms with Gasteiger partial charge in [-0.2, -0.15) is 13.2 Å². The van der Waals surface area contributed by atoms with E-state index in [0.717, 1.165) is 12.3 Å².